The van der Waals surface area contributed by atoms with E-state index in [2.05, 4.69) is 37.4 Å². The number of amides is 2. The number of anilines is 5. The summed E-state index contributed by atoms with van der Waals surface area (Å²) in [6.45, 7) is 5.07. The van der Waals surface area contributed by atoms with Crippen molar-refractivity contribution in [2.75, 3.05) is 76.4 Å². The summed E-state index contributed by atoms with van der Waals surface area (Å²) >= 11 is 0. The van der Waals surface area contributed by atoms with E-state index in [9.17, 15) is 9.59 Å². The standard InChI is InChI=1S/C28H35N7O5/c1-8-26(36)30-19-16-20(23(39-6)17-21(19)35(4)14-13-34(2)3)31-28-29-12-11-25(33-28)32-27(37)18-9-10-22(38-5)24(15-18)40-7/h8-12,15-17H,1,13-14H2,2-7H3,(H,30,36)(H2,29,31,32,33,37). The van der Waals surface area contributed by atoms with Crippen molar-refractivity contribution in [2.45, 2.75) is 0 Å². The van der Waals surface area contributed by atoms with Crippen LogP contribution in [0.2, 0.25) is 0 Å². The van der Waals surface area contributed by atoms with Crippen molar-refractivity contribution in [1.82, 2.24) is 14.9 Å². The molecule has 1 aromatic heterocycles. The zero-order valence-corrected chi connectivity index (χ0v) is 23.6. The van der Waals surface area contributed by atoms with E-state index in [0.29, 0.717) is 40.7 Å². The highest BCUT2D eigenvalue weighted by atomic mass is 16.5. The van der Waals surface area contributed by atoms with Gasteiger partial charge in [0.1, 0.15) is 11.6 Å². The topological polar surface area (TPSA) is 130 Å². The Balaban J connectivity index is 1.87. The Morgan fingerprint density at radius 2 is 1.62 bits per heavy atom. The molecule has 0 fully saturated rings. The molecule has 2 aromatic carbocycles. The SMILES string of the molecule is C=CC(=O)Nc1cc(Nc2nccc(NC(=O)c3ccc(OC)c(OC)c3)n2)c(OC)cc1N(C)CCN(C)C. The number of aromatic nitrogens is 2. The fourth-order valence-corrected chi connectivity index (χ4v) is 3.68. The van der Waals surface area contributed by atoms with Crippen LogP contribution < -0.4 is 35.1 Å². The van der Waals surface area contributed by atoms with Gasteiger partial charge in [0.15, 0.2) is 11.5 Å². The van der Waals surface area contributed by atoms with Crippen LogP contribution in [-0.4, -0.2) is 82.2 Å². The van der Waals surface area contributed by atoms with Crippen molar-refractivity contribution in [1.29, 1.82) is 0 Å². The van der Waals surface area contributed by atoms with Gasteiger partial charge in [-0.25, -0.2) is 4.98 Å². The van der Waals surface area contributed by atoms with Crippen molar-refractivity contribution in [3.8, 4) is 17.2 Å². The molecule has 1 heterocycles. The Hall–Kier alpha value is -4.84. The van der Waals surface area contributed by atoms with E-state index < -0.39 is 0 Å². The van der Waals surface area contributed by atoms with Crippen molar-refractivity contribution in [3.63, 3.8) is 0 Å². The van der Waals surface area contributed by atoms with Crippen LogP contribution in [0.4, 0.5) is 28.8 Å². The Morgan fingerprint density at radius 3 is 2.27 bits per heavy atom. The number of likely N-dealkylation sites (N-methyl/N-ethyl adjacent to an activating group) is 2. The van der Waals surface area contributed by atoms with Crippen LogP contribution in [-0.2, 0) is 4.79 Å². The third-order valence-electron chi connectivity index (χ3n) is 5.84. The Morgan fingerprint density at radius 1 is 0.900 bits per heavy atom. The number of benzene rings is 2. The van der Waals surface area contributed by atoms with Gasteiger partial charge in [-0.3, -0.25) is 9.59 Å². The van der Waals surface area contributed by atoms with Gasteiger partial charge in [0, 0.05) is 38.0 Å². The molecule has 12 nitrogen and oxygen atoms in total. The number of rotatable bonds is 13. The Kier molecular flexibility index (Phi) is 10.3. The minimum Gasteiger partial charge on any atom is -0.494 e. The average molecular weight is 550 g/mol. The molecule has 40 heavy (non-hydrogen) atoms. The molecule has 3 aromatic rings. The quantitative estimate of drug-likeness (QED) is 0.272. The molecule has 0 bridgehead atoms. The number of hydrogen-bond acceptors (Lipinski definition) is 10. The summed E-state index contributed by atoms with van der Waals surface area (Å²) in [5.41, 5.74) is 2.18. The molecule has 0 saturated carbocycles. The van der Waals surface area contributed by atoms with E-state index in [4.69, 9.17) is 14.2 Å². The van der Waals surface area contributed by atoms with Gasteiger partial charge in [-0.05, 0) is 50.5 Å². The number of hydrogen-bond donors (Lipinski definition) is 3. The van der Waals surface area contributed by atoms with Crippen molar-refractivity contribution >= 4 is 40.6 Å². The van der Waals surface area contributed by atoms with Crippen molar-refractivity contribution in [2.24, 2.45) is 0 Å². The maximum atomic E-state index is 12.9. The zero-order valence-electron chi connectivity index (χ0n) is 23.6. The molecular formula is C28H35N7O5. The molecule has 0 atom stereocenters. The lowest BCUT2D eigenvalue weighted by molar-refractivity contribution is -0.111. The van der Waals surface area contributed by atoms with Gasteiger partial charge in [-0.2, -0.15) is 4.98 Å². The zero-order chi connectivity index (χ0) is 29.2. The van der Waals surface area contributed by atoms with Gasteiger partial charge in [0.05, 0.1) is 38.4 Å². The summed E-state index contributed by atoms with van der Waals surface area (Å²) in [5, 5.41) is 8.73. The second-order valence-electron chi connectivity index (χ2n) is 8.90. The van der Waals surface area contributed by atoms with Crippen LogP contribution in [0.25, 0.3) is 0 Å². The van der Waals surface area contributed by atoms with Crippen LogP contribution in [0.15, 0.2) is 55.3 Å². The van der Waals surface area contributed by atoms with Gasteiger partial charge < -0.3 is 40.0 Å². The summed E-state index contributed by atoms with van der Waals surface area (Å²) in [6.07, 6.45) is 2.71. The normalized spacial score (nSPS) is 10.5. The van der Waals surface area contributed by atoms with Crippen LogP contribution in [0.5, 0.6) is 17.2 Å². The molecule has 0 aliphatic carbocycles. The predicted octanol–water partition coefficient (Wildman–Crippen LogP) is 3.62. The minimum atomic E-state index is -0.386. The second kappa shape index (κ2) is 13.8. The number of nitrogens with zero attached hydrogens (tertiary/aromatic N) is 4. The summed E-state index contributed by atoms with van der Waals surface area (Å²) in [7, 11) is 10.5. The second-order valence-corrected chi connectivity index (χ2v) is 8.90. The smallest absolute Gasteiger partial charge is 0.256 e. The fourth-order valence-electron chi connectivity index (χ4n) is 3.68. The van der Waals surface area contributed by atoms with Crippen LogP contribution >= 0.6 is 0 Å². The first-order chi connectivity index (χ1) is 19.2. The highest BCUT2D eigenvalue weighted by molar-refractivity contribution is 6.04. The summed E-state index contributed by atoms with van der Waals surface area (Å²) < 4.78 is 16.1. The first-order valence-corrected chi connectivity index (χ1v) is 12.3. The Labute approximate surface area is 234 Å². The number of nitrogens with one attached hydrogen (secondary N) is 3. The van der Waals surface area contributed by atoms with Crippen molar-refractivity contribution < 1.29 is 23.8 Å². The van der Waals surface area contributed by atoms with Crippen LogP contribution in [0.3, 0.4) is 0 Å². The van der Waals surface area contributed by atoms with E-state index in [-0.39, 0.29) is 23.6 Å². The van der Waals surface area contributed by atoms with E-state index in [0.717, 1.165) is 12.2 Å². The molecule has 3 rings (SSSR count). The minimum absolute atomic E-state index is 0.207. The average Bonchev–Trinajstić information content (AvgIpc) is 2.95. The summed E-state index contributed by atoms with van der Waals surface area (Å²) in [6, 6.07) is 9.98. The fraction of sp³-hybridized carbons (Fsp3) is 0.286. The van der Waals surface area contributed by atoms with Gasteiger partial charge in [-0.1, -0.05) is 6.58 Å². The van der Waals surface area contributed by atoms with Gasteiger partial charge in [0.2, 0.25) is 11.9 Å². The van der Waals surface area contributed by atoms with Crippen LogP contribution in [0, 0.1) is 0 Å². The molecule has 12 heteroatoms. The summed E-state index contributed by atoms with van der Waals surface area (Å²) in [4.78, 5) is 37.8. The number of carbonyl (C=O) groups excluding carboxylic acids is 2. The number of methoxy groups -OCH3 is 3. The monoisotopic (exact) mass is 549 g/mol. The molecule has 212 valence electrons. The molecule has 2 amide bonds. The van der Waals surface area contributed by atoms with Crippen molar-refractivity contribution in [3.05, 3.63) is 60.8 Å². The first kappa shape index (κ1) is 29.7. The lowest BCUT2D eigenvalue weighted by Gasteiger charge is -2.26. The number of carbonyl (C=O) groups is 2. The van der Waals surface area contributed by atoms with Crippen LogP contribution in [0.1, 0.15) is 10.4 Å². The lowest BCUT2D eigenvalue weighted by atomic mass is 10.2. The highest BCUT2D eigenvalue weighted by Gasteiger charge is 2.17. The van der Waals surface area contributed by atoms with E-state index in [1.807, 2.05) is 32.1 Å². The van der Waals surface area contributed by atoms with E-state index in [1.165, 1.54) is 26.5 Å². The van der Waals surface area contributed by atoms with E-state index >= 15 is 0 Å². The molecule has 0 unspecified atom stereocenters. The highest BCUT2D eigenvalue weighted by Crippen LogP contribution is 2.38. The van der Waals surface area contributed by atoms with Gasteiger partial charge in [-0.15, -0.1) is 0 Å². The molecular weight excluding hydrogens is 514 g/mol. The molecule has 0 aliphatic heterocycles. The van der Waals surface area contributed by atoms with E-state index in [1.54, 1.807) is 37.4 Å². The third kappa shape index (κ3) is 7.60. The van der Waals surface area contributed by atoms with Gasteiger partial charge in [0.25, 0.3) is 5.91 Å². The first-order valence-electron chi connectivity index (χ1n) is 12.3. The maximum absolute atomic E-state index is 12.9. The van der Waals surface area contributed by atoms with Gasteiger partial charge >= 0.3 is 0 Å². The molecule has 3 N–H and O–H groups in total. The molecule has 0 aliphatic rings. The molecule has 0 saturated heterocycles. The largest absolute Gasteiger partial charge is 0.494 e. The predicted molar refractivity (Wildman–Crippen MR) is 156 cm³/mol. The molecule has 0 radical (unpaired) electrons. The number of ether oxygens (including phenoxy) is 3. The maximum Gasteiger partial charge on any atom is 0.256 e. The lowest BCUT2D eigenvalue weighted by Crippen LogP contribution is -2.29. The Bertz CT molecular complexity index is 1360. The third-order valence-corrected chi connectivity index (χ3v) is 5.84. The molecule has 0 spiro atoms. The summed E-state index contributed by atoms with van der Waals surface area (Å²) in [5.74, 6) is 1.20.